The Balaban J connectivity index is 2.29. The van der Waals surface area contributed by atoms with Gasteiger partial charge in [0.1, 0.15) is 0 Å². The highest BCUT2D eigenvalue weighted by atomic mass is 32.2. The molecule has 0 saturated carbocycles. The Labute approximate surface area is 96.1 Å². The number of fused-ring (bicyclic) bond motifs is 2. The van der Waals surface area contributed by atoms with E-state index in [0.717, 1.165) is 6.42 Å². The maximum absolute atomic E-state index is 2.24. The smallest absolute Gasteiger partial charge is 0.0110 e. The molecule has 2 bridgehead atoms. The second kappa shape index (κ2) is 4.71. The zero-order valence-corrected chi connectivity index (χ0v) is 10.1. The lowest BCUT2D eigenvalue weighted by Crippen LogP contribution is -1.92. The van der Waals surface area contributed by atoms with Crippen LogP contribution in [0.1, 0.15) is 20.3 Å². The van der Waals surface area contributed by atoms with Gasteiger partial charge in [-0.05, 0) is 23.6 Å². The van der Waals surface area contributed by atoms with Crippen molar-refractivity contribution >= 4 is 11.8 Å². The predicted molar refractivity (Wildman–Crippen MR) is 69.9 cm³/mol. The number of rotatable bonds is 2. The first-order valence-electron chi connectivity index (χ1n) is 5.37. The van der Waals surface area contributed by atoms with Crippen molar-refractivity contribution in [2.75, 3.05) is 0 Å². The lowest BCUT2D eigenvalue weighted by atomic mass is 10.1. The zero-order valence-electron chi connectivity index (χ0n) is 9.23. The minimum Gasteiger partial charge on any atom is -0.123 e. The highest BCUT2D eigenvalue weighted by Crippen LogP contribution is 2.34. The van der Waals surface area contributed by atoms with Crippen molar-refractivity contribution in [1.29, 1.82) is 0 Å². The fraction of sp³-hybridized carbons (Fsp3) is 0.286. The number of allylic oxidation sites excluding steroid dienone is 9. The topological polar surface area (TPSA) is 0 Å². The van der Waals surface area contributed by atoms with E-state index < -0.39 is 0 Å². The molecule has 0 fully saturated rings. The molecule has 0 aromatic rings. The van der Waals surface area contributed by atoms with E-state index in [0.29, 0.717) is 5.25 Å². The molecule has 2 rings (SSSR count). The van der Waals surface area contributed by atoms with Crippen molar-refractivity contribution < 1.29 is 0 Å². The summed E-state index contributed by atoms with van der Waals surface area (Å²) in [5.74, 6) is 0. The van der Waals surface area contributed by atoms with Gasteiger partial charge in [0.05, 0.1) is 0 Å². The largest absolute Gasteiger partial charge is 0.123 e. The van der Waals surface area contributed by atoms with E-state index in [1.807, 2.05) is 11.8 Å². The van der Waals surface area contributed by atoms with Crippen molar-refractivity contribution in [1.82, 2.24) is 0 Å². The Morgan fingerprint density at radius 1 is 1.07 bits per heavy atom. The Bertz CT molecular complexity index is 390. The Kier molecular flexibility index (Phi) is 3.32. The highest BCUT2D eigenvalue weighted by Gasteiger charge is 2.11. The molecule has 15 heavy (non-hydrogen) atoms. The summed E-state index contributed by atoms with van der Waals surface area (Å²) in [6, 6.07) is 0. The maximum atomic E-state index is 2.24. The molecule has 0 nitrogen and oxygen atoms in total. The van der Waals surface area contributed by atoms with Crippen LogP contribution < -0.4 is 0 Å². The van der Waals surface area contributed by atoms with Crippen molar-refractivity contribution in [3.05, 3.63) is 58.6 Å². The van der Waals surface area contributed by atoms with E-state index in [1.54, 1.807) is 0 Å². The summed E-state index contributed by atoms with van der Waals surface area (Å²) in [6.07, 6.45) is 16.3. The lowest BCUT2D eigenvalue weighted by molar-refractivity contribution is 1.11. The monoisotopic (exact) mass is 216 g/mol. The van der Waals surface area contributed by atoms with E-state index in [-0.39, 0.29) is 0 Å². The first-order chi connectivity index (χ1) is 7.25. The molecule has 0 N–H and O–H groups in total. The fourth-order valence-corrected chi connectivity index (χ4v) is 2.66. The van der Waals surface area contributed by atoms with Crippen molar-refractivity contribution in [2.45, 2.75) is 25.5 Å². The van der Waals surface area contributed by atoms with E-state index in [1.165, 1.54) is 16.1 Å². The third kappa shape index (κ3) is 2.75. The van der Waals surface area contributed by atoms with Crippen molar-refractivity contribution in [3.63, 3.8) is 0 Å². The minimum atomic E-state index is 0.642. The van der Waals surface area contributed by atoms with Crippen LogP contribution in [-0.4, -0.2) is 5.25 Å². The van der Waals surface area contributed by atoms with Gasteiger partial charge >= 0.3 is 0 Å². The second-order valence-electron chi connectivity index (χ2n) is 4.05. The molecule has 0 amide bonds. The zero-order chi connectivity index (χ0) is 10.7. The van der Waals surface area contributed by atoms with Gasteiger partial charge in [-0.25, -0.2) is 0 Å². The summed E-state index contributed by atoms with van der Waals surface area (Å²) < 4.78 is 0. The molecule has 2 aliphatic rings. The first-order valence-corrected chi connectivity index (χ1v) is 6.25. The predicted octanol–water partition coefficient (Wildman–Crippen LogP) is 4.39. The standard InChI is InChI=1S/C14H16S/c1-11(2)15-14-9-5-7-12-6-3-4-8-13(14)10-12/h3-9,11H,10H2,1-2H3. The highest BCUT2D eigenvalue weighted by molar-refractivity contribution is 8.03. The quantitative estimate of drug-likeness (QED) is 0.659. The van der Waals surface area contributed by atoms with Crippen LogP contribution in [0.2, 0.25) is 0 Å². The summed E-state index contributed by atoms with van der Waals surface area (Å²) >= 11 is 1.95. The molecule has 0 spiro atoms. The van der Waals surface area contributed by atoms with Crippen LogP contribution >= 0.6 is 11.8 Å². The van der Waals surface area contributed by atoms with Gasteiger partial charge in [-0.3, -0.25) is 0 Å². The number of hydrogen-bond donors (Lipinski definition) is 0. The van der Waals surface area contributed by atoms with Crippen LogP contribution in [0.5, 0.6) is 0 Å². The summed E-state index contributed by atoms with van der Waals surface area (Å²) in [4.78, 5) is 1.41. The molecule has 0 aliphatic heterocycles. The van der Waals surface area contributed by atoms with E-state index >= 15 is 0 Å². The molecule has 1 heteroatoms. The summed E-state index contributed by atoms with van der Waals surface area (Å²) in [7, 11) is 0. The first kappa shape index (κ1) is 10.6. The third-order valence-corrected chi connectivity index (χ3v) is 3.47. The van der Waals surface area contributed by atoms with Crippen LogP contribution in [0.4, 0.5) is 0 Å². The van der Waals surface area contributed by atoms with E-state index in [2.05, 4.69) is 56.4 Å². The normalized spacial score (nSPS) is 19.3. The van der Waals surface area contributed by atoms with E-state index in [9.17, 15) is 0 Å². The van der Waals surface area contributed by atoms with Crippen LogP contribution in [0, 0.1) is 0 Å². The maximum Gasteiger partial charge on any atom is 0.0110 e. The molecular formula is C14H16S. The molecule has 0 aromatic carbocycles. The van der Waals surface area contributed by atoms with Gasteiger partial charge in [-0.2, -0.15) is 0 Å². The van der Waals surface area contributed by atoms with Crippen LogP contribution in [-0.2, 0) is 0 Å². The molecule has 0 aromatic heterocycles. The van der Waals surface area contributed by atoms with Crippen LogP contribution in [0.3, 0.4) is 0 Å². The van der Waals surface area contributed by atoms with Gasteiger partial charge in [-0.15, -0.1) is 11.8 Å². The molecule has 0 radical (unpaired) electrons. The summed E-state index contributed by atoms with van der Waals surface area (Å²) in [6.45, 7) is 4.48. The van der Waals surface area contributed by atoms with E-state index in [4.69, 9.17) is 0 Å². The Morgan fingerprint density at radius 3 is 2.67 bits per heavy atom. The average molecular weight is 216 g/mol. The van der Waals surface area contributed by atoms with Gasteiger partial charge < -0.3 is 0 Å². The number of thioether (sulfide) groups is 1. The Morgan fingerprint density at radius 2 is 1.87 bits per heavy atom. The average Bonchev–Trinajstić information content (AvgIpc) is 2.50. The van der Waals surface area contributed by atoms with Gasteiger partial charge in [0.25, 0.3) is 0 Å². The van der Waals surface area contributed by atoms with Gasteiger partial charge in [0.2, 0.25) is 0 Å². The SMILES string of the molecule is CC(C)SC1=CC=CC2=CC=CC=C1C2. The molecule has 0 atom stereocenters. The molecule has 78 valence electrons. The molecule has 0 saturated heterocycles. The lowest BCUT2D eigenvalue weighted by Gasteiger charge is -2.11. The fourth-order valence-electron chi connectivity index (χ4n) is 1.71. The third-order valence-electron chi connectivity index (χ3n) is 2.35. The summed E-state index contributed by atoms with van der Waals surface area (Å²) in [5.41, 5.74) is 2.84. The molecule has 0 unspecified atom stereocenters. The molecule has 2 aliphatic carbocycles. The number of hydrogen-bond acceptors (Lipinski definition) is 1. The van der Waals surface area contributed by atoms with Crippen molar-refractivity contribution in [3.8, 4) is 0 Å². The van der Waals surface area contributed by atoms with Crippen LogP contribution in [0.25, 0.3) is 0 Å². The minimum absolute atomic E-state index is 0.642. The van der Waals surface area contributed by atoms with Gasteiger partial charge in [0, 0.05) is 10.2 Å². The van der Waals surface area contributed by atoms with Gasteiger partial charge in [0.15, 0.2) is 0 Å². The molecular weight excluding hydrogens is 200 g/mol. The summed E-state index contributed by atoms with van der Waals surface area (Å²) in [5, 5.41) is 0.642. The Hall–Kier alpha value is -0.950. The van der Waals surface area contributed by atoms with Gasteiger partial charge in [-0.1, -0.05) is 50.3 Å². The van der Waals surface area contributed by atoms with Crippen molar-refractivity contribution in [2.24, 2.45) is 0 Å². The second-order valence-corrected chi connectivity index (χ2v) is 5.67. The molecule has 0 heterocycles. The van der Waals surface area contributed by atoms with Crippen LogP contribution in [0.15, 0.2) is 58.6 Å².